The molecule has 3 aromatic heterocycles. The molecular formula is C22H20N2O4S. The summed E-state index contributed by atoms with van der Waals surface area (Å²) in [7, 11) is 1.30. The Hall–Kier alpha value is -3.19. The number of carbonyl (C=O) groups excluding carboxylic acids is 1. The van der Waals surface area contributed by atoms with E-state index in [4.69, 9.17) is 9.40 Å². The average Bonchev–Trinajstić information content (AvgIpc) is 3.38. The number of thiophene rings is 1. The Bertz CT molecular complexity index is 1220. The zero-order valence-electron chi connectivity index (χ0n) is 16.2. The number of aryl methyl sites for hydroxylation is 1. The predicted molar refractivity (Wildman–Crippen MR) is 112 cm³/mol. The van der Waals surface area contributed by atoms with Gasteiger partial charge in [0.05, 0.1) is 19.0 Å². The first-order chi connectivity index (χ1) is 14.1. The number of hydrogen-bond acceptors (Lipinski definition) is 6. The molecule has 0 radical (unpaired) electrons. The van der Waals surface area contributed by atoms with E-state index in [1.165, 1.54) is 18.4 Å². The molecule has 0 unspecified atom stereocenters. The van der Waals surface area contributed by atoms with Gasteiger partial charge in [-0.25, -0.2) is 9.78 Å². The number of nitrogens with zero attached hydrogens (tertiary/aromatic N) is 2. The summed E-state index contributed by atoms with van der Waals surface area (Å²) in [5.41, 5.74) is 1.77. The van der Waals surface area contributed by atoms with Crippen LogP contribution in [0.15, 0.2) is 57.1 Å². The van der Waals surface area contributed by atoms with Gasteiger partial charge >= 0.3 is 5.97 Å². The molecule has 0 atom stereocenters. The largest absolute Gasteiger partial charge is 0.463 e. The summed E-state index contributed by atoms with van der Waals surface area (Å²) in [4.78, 5) is 30.7. The number of furan rings is 1. The summed E-state index contributed by atoms with van der Waals surface area (Å²) in [6.07, 6.45) is 1.54. The van der Waals surface area contributed by atoms with Gasteiger partial charge in [0, 0.05) is 17.4 Å². The standard InChI is InChI=1S/C22H20N2O4S/c1-3-7-18-23-20-19(16(13-29-20)14-8-5-4-6-9-14)21(25)24(18)12-15-10-11-17(28-15)22(26)27-2/h4-6,8-11,13H,3,7,12H2,1-2H3. The molecule has 148 valence electrons. The molecule has 0 saturated heterocycles. The molecule has 0 amide bonds. The van der Waals surface area contributed by atoms with Gasteiger partial charge in [-0.1, -0.05) is 37.3 Å². The number of ether oxygens (including phenoxy) is 1. The number of hydrogen-bond donors (Lipinski definition) is 0. The van der Waals surface area contributed by atoms with Crippen LogP contribution < -0.4 is 5.56 Å². The fraction of sp³-hybridized carbons (Fsp3) is 0.227. The molecule has 1 aromatic carbocycles. The molecule has 0 saturated carbocycles. The number of methoxy groups -OCH3 is 1. The third-order valence-corrected chi connectivity index (χ3v) is 5.57. The summed E-state index contributed by atoms with van der Waals surface area (Å²) >= 11 is 1.48. The first kappa shape index (κ1) is 19.1. The number of fused-ring (bicyclic) bond motifs is 1. The lowest BCUT2D eigenvalue weighted by atomic mass is 10.1. The van der Waals surface area contributed by atoms with Gasteiger partial charge in [0.2, 0.25) is 5.76 Å². The number of carbonyl (C=O) groups is 1. The number of aromatic nitrogens is 2. The molecule has 0 N–H and O–H groups in total. The predicted octanol–water partition coefficient (Wildman–Crippen LogP) is 4.51. The topological polar surface area (TPSA) is 74.3 Å². The van der Waals surface area contributed by atoms with E-state index < -0.39 is 5.97 Å². The van der Waals surface area contributed by atoms with Crippen molar-refractivity contribution in [1.29, 1.82) is 0 Å². The lowest BCUT2D eigenvalue weighted by molar-refractivity contribution is 0.0563. The number of rotatable bonds is 6. The molecule has 0 spiro atoms. The Labute approximate surface area is 171 Å². The minimum atomic E-state index is -0.546. The van der Waals surface area contributed by atoms with Gasteiger partial charge in [-0.2, -0.15) is 0 Å². The highest BCUT2D eigenvalue weighted by atomic mass is 32.1. The van der Waals surface area contributed by atoms with Crippen LogP contribution in [0.3, 0.4) is 0 Å². The first-order valence-corrected chi connectivity index (χ1v) is 10.2. The van der Waals surface area contributed by atoms with Crippen LogP contribution in [0.4, 0.5) is 0 Å². The second-order valence-corrected chi connectivity index (χ2v) is 7.48. The van der Waals surface area contributed by atoms with E-state index in [1.54, 1.807) is 16.7 Å². The highest BCUT2D eigenvalue weighted by Gasteiger charge is 2.18. The molecule has 7 heteroatoms. The third kappa shape index (κ3) is 3.61. The second-order valence-electron chi connectivity index (χ2n) is 6.62. The summed E-state index contributed by atoms with van der Waals surface area (Å²) in [5, 5.41) is 2.59. The Balaban J connectivity index is 1.84. The van der Waals surface area contributed by atoms with E-state index in [0.717, 1.165) is 22.4 Å². The SMILES string of the molecule is CCCc1nc2scc(-c3ccccc3)c2c(=O)n1Cc1ccc(C(=O)OC)o1. The molecule has 3 heterocycles. The Morgan fingerprint density at radius 2 is 2.00 bits per heavy atom. The molecule has 4 aromatic rings. The summed E-state index contributed by atoms with van der Waals surface area (Å²) < 4.78 is 11.9. The molecule has 29 heavy (non-hydrogen) atoms. The molecule has 0 aliphatic rings. The minimum Gasteiger partial charge on any atom is -0.463 e. The van der Waals surface area contributed by atoms with Gasteiger partial charge in [0.25, 0.3) is 5.56 Å². The van der Waals surface area contributed by atoms with Crippen molar-refractivity contribution in [1.82, 2.24) is 9.55 Å². The van der Waals surface area contributed by atoms with Crippen molar-refractivity contribution in [2.45, 2.75) is 26.3 Å². The van der Waals surface area contributed by atoms with Crippen LogP contribution in [0.25, 0.3) is 21.3 Å². The molecule has 6 nitrogen and oxygen atoms in total. The van der Waals surface area contributed by atoms with Gasteiger partial charge in [0.15, 0.2) is 0 Å². The Morgan fingerprint density at radius 3 is 2.72 bits per heavy atom. The second kappa shape index (κ2) is 8.05. The first-order valence-electron chi connectivity index (χ1n) is 9.35. The monoisotopic (exact) mass is 408 g/mol. The molecule has 4 rings (SSSR count). The zero-order valence-corrected chi connectivity index (χ0v) is 17.0. The third-order valence-electron chi connectivity index (χ3n) is 4.69. The summed E-state index contributed by atoms with van der Waals surface area (Å²) in [5.74, 6) is 0.780. The van der Waals surface area contributed by atoms with E-state index >= 15 is 0 Å². The van der Waals surface area contributed by atoms with E-state index in [0.29, 0.717) is 23.4 Å². The van der Waals surface area contributed by atoms with Crippen molar-refractivity contribution in [3.63, 3.8) is 0 Å². The van der Waals surface area contributed by atoms with Gasteiger partial charge in [-0.15, -0.1) is 11.3 Å². The lowest BCUT2D eigenvalue weighted by Crippen LogP contribution is -2.25. The van der Waals surface area contributed by atoms with Crippen LogP contribution in [0, 0.1) is 0 Å². The molecule has 0 fully saturated rings. The normalized spacial score (nSPS) is 11.1. The van der Waals surface area contributed by atoms with Gasteiger partial charge in [-0.05, 0) is 24.1 Å². The van der Waals surface area contributed by atoms with Gasteiger partial charge in [0.1, 0.15) is 16.4 Å². The maximum absolute atomic E-state index is 13.5. The number of esters is 1. The summed E-state index contributed by atoms with van der Waals surface area (Å²) in [6, 6.07) is 13.1. The Kier molecular flexibility index (Phi) is 5.31. The van der Waals surface area contributed by atoms with E-state index in [-0.39, 0.29) is 17.9 Å². The number of benzene rings is 1. The maximum Gasteiger partial charge on any atom is 0.373 e. The summed E-state index contributed by atoms with van der Waals surface area (Å²) in [6.45, 7) is 2.25. The van der Waals surface area contributed by atoms with Crippen LogP contribution >= 0.6 is 11.3 Å². The van der Waals surface area contributed by atoms with Gasteiger partial charge < -0.3 is 9.15 Å². The minimum absolute atomic E-state index is 0.102. The highest BCUT2D eigenvalue weighted by Crippen LogP contribution is 2.31. The Morgan fingerprint density at radius 1 is 1.21 bits per heavy atom. The van der Waals surface area contributed by atoms with Crippen molar-refractivity contribution in [3.05, 3.63) is 75.5 Å². The average molecular weight is 408 g/mol. The molecule has 0 aliphatic carbocycles. The van der Waals surface area contributed by atoms with Crippen LogP contribution in [0.5, 0.6) is 0 Å². The van der Waals surface area contributed by atoms with Crippen LogP contribution in [0.2, 0.25) is 0 Å². The van der Waals surface area contributed by atoms with Crippen molar-refractivity contribution in [2.75, 3.05) is 7.11 Å². The van der Waals surface area contributed by atoms with Crippen molar-refractivity contribution >= 4 is 27.5 Å². The molecule has 0 bridgehead atoms. The lowest BCUT2D eigenvalue weighted by Gasteiger charge is -2.11. The fourth-order valence-electron chi connectivity index (χ4n) is 3.30. The maximum atomic E-state index is 13.5. The highest BCUT2D eigenvalue weighted by molar-refractivity contribution is 7.17. The smallest absolute Gasteiger partial charge is 0.373 e. The van der Waals surface area contributed by atoms with Crippen LogP contribution in [0.1, 0.15) is 35.5 Å². The quantitative estimate of drug-likeness (QED) is 0.439. The van der Waals surface area contributed by atoms with Crippen molar-refractivity contribution in [2.24, 2.45) is 0 Å². The molecule has 0 aliphatic heterocycles. The fourth-order valence-corrected chi connectivity index (χ4v) is 4.26. The van der Waals surface area contributed by atoms with Crippen LogP contribution in [-0.4, -0.2) is 22.6 Å². The van der Waals surface area contributed by atoms with Crippen molar-refractivity contribution < 1.29 is 13.9 Å². The van der Waals surface area contributed by atoms with Crippen molar-refractivity contribution in [3.8, 4) is 11.1 Å². The van der Waals surface area contributed by atoms with E-state index in [9.17, 15) is 9.59 Å². The van der Waals surface area contributed by atoms with Gasteiger partial charge in [-0.3, -0.25) is 9.36 Å². The van der Waals surface area contributed by atoms with Crippen LogP contribution in [-0.2, 0) is 17.7 Å². The van der Waals surface area contributed by atoms with E-state index in [2.05, 4.69) is 4.74 Å². The van der Waals surface area contributed by atoms with E-state index in [1.807, 2.05) is 42.6 Å². The molecular weight excluding hydrogens is 388 g/mol. The zero-order chi connectivity index (χ0) is 20.4.